The Balaban J connectivity index is 0.00000168. The molecule has 0 radical (unpaired) electrons. The van der Waals surface area contributed by atoms with E-state index in [0.717, 1.165) is 80.2 Å². The molecule has 3 rings (SSSR count). The first kappa shape index (κ1) is 104. The van der Waals surface area contributed by atoms with Gasteiger partial charge in [-0.05, 0) is 196 Å². The monoisotopic (exact) mass is 1650 g/mol. The molecule has 0 aliphatic rings. The highest BCUT2D eigenvalue weighted by Gasteiger charge is 2.41. The van der Waals surface area contributed by atoms with E-state index in [4.69, 9.17) is 68.1 Å². The van der Waals surface area contributed by atoms with Crippen molar-refractivity contribution < 1.29 is 126 Å². The molecule has 0 aliphatic heterocycles. The molecule has 6 N–H and O–H groups in total. The summed E-state index contributed by atoms with van der Waals surface area (Å²) in [5.74, 6) is -7.59. The van der Waals surface area contributed by atoms with Crippen LogP contribution in [0.5, 0.6) is 0 Å². The molecule has 0 aromatic heterocycles. The lowest BCUT2D eigenvalue weighted by Gasteiger charge is -2.28. The summed E-state index contributed by atoms with van der Waals surface area (Å²) >= 11 is 0. The first-order valence-corrected chi connectivity index (χ1v) is 49.8. The number of nitrogens with one attached hydrogen (secondary N) is 2. The molecule has 0 saturated heterocycles. The number of hydrogen-bond donors (Lipinski definition) is 6. The predicted octanol–water partition coefficient (Wildman–Crippen LogP) is 13.7. The normalized spacial score (nSPS) is 11.6. The molecule has 3 aromatic carbocycles. The van der Waals surface area contributed by atoms with Crippen molar-refractivity contribution in [2.24, 2.45) is 0 Å². The number of allylic oxidation sites excluding steroid dienone is 1. The fraction of sp³-hybridized carbons (Fsp3) is 0.584. The number of hydrogen-bond acceptors (Lipinski definition) is 23. The van der Waals surface area contributed by atoms with Gasteiger partial charge < -0.3 is 88.9 Å². The quantitative estimate of drug-likeness (QED) is 0.0100. The van der Waals surface area contributed by atoms with Crippen molar-refractivity contribution in [2.45, 2.75) is 198 Å². The van der Waals surface area contributed by atoms with E-state index in [2.05, 4.69) is 17.2 Å². The number of carboxylic acid groups (broad SMARTS) is 4. The molecule has 3 aromatic rings. The van der Waals surface area contributed by atoms with E-state index < -0.39 is 84.8 Å². The van der Waals surface area contributed by atoms with Gasteiger partial charge in [0.05, 0.1) is 34.4 Å². The van der Waals surface area contributed by atoms with Gasteiger partial charge in [0.1, 0.15) is 0 Å². The smallest absolute Gasteiger partial charge is 0.478 e. The van der Waals surface area contributed by atoms with Crippen molar-refractivity contribution in [2.75, 3.05) is 99.0 Å². The fourth-order valence-corrected chi connectivity index (χ4v) is 23.9. The maximum Gasteiger partial charge on any atom is 0.500 e. The Hall–Kier alpha value is -6.96. The molecule has 29 nitrogen and oxygen atoms in total. The molecule has 626 valence electrons. The first-order valence-electron chi connectivity index (χ1n) is 38.3. The molecule has 0 saturated carbocycles. The van der Waals surface area contributed by atoms with E-state index in [1.54, 1.807) is 25.1 Å². The van der Waals surface area contributed by atoms with Crippen molar-refractivity contribution in [3.8, 4) is 0 Å². The highest BCUT2D eigenvalue weighted by Crippen LogP contribution is 2.25. The van der Waals surface area contributed by atoms with Gasteiger partial charge in [-0.2, -0.15) is 0 Å². The van der Waals surface area contributed by atoms with Gasteiger partial charge >= 0.3 is 73.1 Å². The average Bonchev–Trinajstić information content (AvgIpc) is 0.797. The third-order valence-electron chi connectivity index (χ3n) is 16.1. The number of rotatable bonds is 57. The van der Waals surface area contributed by atoms with Gasteiger partial charge in [0.2, 0.25) is 0 Å². The Morgan fingerprint density at radius 3 is 1.04 bits per heavy atom. The Labute approximate surface area is 661 Å². The number of benzene rings is 3. The van der Waals surface area contributed by atoms with Crippen LogP contribution < -0.4 is 10.6 Å². The third kappa shape index (κ3) is 41.6. The zero-order chi connectivity index (χ0) is 84.1. The minimum Gasteiger partial charge on any atom is -0.478 e. The van der Waals surface area contributed by atoms with Gasteiger partial charge in [-0.15, -0.1) is 0 Å². The molecular weight excluding hydrogens is 1530 g/mol. The van der Waals surface area contributed by atoms with Crippen LogP contribution >= 0.6 is 0 Å². The third-order valence-corrected chi connectivity index (χ3v) is 31.6. The summed E-state index contributed by atoms with van der Waals surface area (Å²) < 4.78 is 74.3. The number of Topliss-reactive ketones (excluding diaryl/α,β-unsaturated/α-hetero) is 1. The zero-order valence-corrected chi connectivity index (χ0v) is 73.3. The van der Waals surface area contributed by atoms with Gasteiger partial charge in [0, 0.05) is 146 Å². The molecule has 0 spiro atoms. The molecule has 111 heavy (non-hydrogen) atoms. The zero-order valence-electron chi connectivity index (χ0n) is 68.3. The summed E-state index contributed by atoms with van der Waals surface area (Å²) in [7, 11) is -12.2. The van der Waals surface area contributed by atoms with E-state index in [0.29, 0.717) is 136 Å². The Morgan fingerprint density at radius 1 is 0.387 bits per heavy atom. The van der Waals surface area contributed by atoms with Crippen molar-refractivity contribution in [1.82, 2.24) is 10.6 Å². The van der Waals surface area contributed by atoms with Crippen molar-refractivity contribution >= 4 is 102 Å². The number of carbonyl (C=O) groups excluding carboxylic acids is 6. The summed E-state index contributed by atoms with van der Waals surface area (Å²) in [6, 6.07) is 16.9. The maximum atomic E-state index is 13.6. The first-order chi connectivity index (χ1) is 52.7. The molecule has 0 unspecified atom stereocenters. The minimum atomic E-state index is -2.96. The van der Waals surface area contributed by atoms with Gasteiger partial charge in [-0.1, -0.05) is 49.8 Å². The summed E-state index contributed by atoms with van der Waals surface area (Å²) in [5.41, 5.74) is -0.411. The maximum absolute atomic E-state index is 13.6. The summed E-state index contributed by atoms with van der Waals surface area (Å²) in [6.45, 7) is 41.0. The number of esters is 1. The predicted molar refractivity (Wildman–Crippen MR) is 432 cm³/mol. The van der Waals surface area contributed by atoms with Crippen molar-refractivity contribution in [3.63, 3.8) is 0 Å². The van der Waals surface area contributed by atoms with E-state index in [1.807, 2.05) is 103 Å². The number of ether oxygens (including phenoxy) is 1. The van der Waals surface area contributed by atoms with Crippen LogP contribution in [0.2, 0.25) is 49.9 Å². The fourth-order valence-electron chi connectivity index (χ4n) is 11.3. The molecule has 2 amide bonds. The van der Waals surface area contributed by atoms with E-state index >= 15 is 0 Å². The lowest BCUT2D eigenvalue weighted by molar-refractivity contribution is -0.139. The van der Waals surface area contributed by atoms with Crippen molar-refractivity contribution in [1.29, 1.82) is 0 Å². The number of ketones is 3. The molecule has 0 atom stereocenters. The van der Waals surface area contributed by atoms with Gasteiger partial charge in [0.25, 0.3) is 11.8 Å². The van der Waals surface area contributed by atoms with Crippen LogP contribution in [0.15, 0.2) is 85.0 Å². The van der Waals surface area contributed by atoms with Crippen LogP contribution in [0, 0.1) is 0 Å². The second-order valence-electron chi connectivity index (χ2n) is 25.0. The molecule has 0 bridgehead atoms. The number of aromatic carboxylic acids is 3. The summed E-state index contributed by atoms with van der Waals surface area (Å²) in [5, 5.41) is 42.5. The van der Waals surface area contributed by atoms with E-state index in [9.17, 15) is 58.2 Å². The minimum absolute atomic E-state index is 0.0379. The highest BCUT2D eigenvalue weighted by atomic mass is 28.4. The largest absolute Gasteiger partial charge is 0.500 e. The Kier molecular flexibility index (Phi) is 54.3. The van der Waals surface area contributed by atoms with Crippen LogP contribution in [0.4, 0.5) is 0 Å². The number of amides is 2. The summed E-state index contributed by atoms with van der Waals surface area (Å²) in [6.07, 6.45) is 7.44. The second kappa shape index (κ2) is 58.0. The molecule has 34 heteroatoms. The number of carboxylic acids is 4. The lowest BCUT2D eigenvalue weighted by atomic mass is 9.95. The summed E-state index contributed by atoms with van der Waals surface area (Å²) in [4.78, 5) is 120. The molecule has 0 aliphatic carbocycles. The topological polar surface area (TPSA) is 396 Å². The SMILES string of the molecule is C=C(C)C(=O)OCCC[Si](C)(OCC)OCC.CCO[Si](C)(CCCCC(=O)/C=C\C(=O)O)OCC.CCO[Si](C)(CCCCC(=O)c1ccccc1C(=O)O)OCC.CCO[Si](CCCNC(=O)c1cc(C(=O)c2ccc(C(=O)O)c(C(=O)NCCC[Si](OCC)(OCC)OCC)c2)ccc1C(=O)O)(OCC)OCC. The van der Waals surface area contributed by atoms with Gasteiger partial charge in [-0.25, -0.2) is 24.0 Å². The number of aliphatic carboxylic acids is 1. The highest BCUT2D eigenvalue weighted by molar-refractivity contribution is 6.67. The molecular formula is C77H126N2O27Si5. The lowest BCUT2D eigenvalue weighted by Crippen LogP contribution is -2.46. The Bertz CT molecular complexity index is 3210. The Morgan fingerprint density at radius 2 is 0.712 bits per heavy atom. The van der Waals surface area contributed by atoms with Crippen LogP contribution in [-0.2, 0) is 72.2 Å². The van der Waals surface area contributed by atoms with Crippen LogP contribution in [0.3, 0.4) is 0 Å². The van der Waals surface area contributed by atoms with Crippen LogP contribution in [0.25, 0.3) is 0 Å². The number of carbonyl (C=O) groups is 10. The van der Waals surface area contributed by atoms with E-state index in [-0.39, 0.29) is 75.1 Å². The number of unbranched alkanes of at least 4 members (excludes halogenated alkanes) is 2. The standard InChI is InChI=1S/C35H52N2O13Si2.C17H26O5Si.C13H24O5Si.C12H24O4Si/c1-7-45-51(46-8-2,47-9-3)21-13-19-36-32(39)29-23-25(15-17-27(29)34(41)42)31(38)26-16-18-28(35(43)44)30(24-26)33(40)37-20-14-22-52(48-10-4,49-11-5)50-12-6;1-4-21-23(3,22-5-2)13-9-8-12-16(18)14-10-6-7-11-15(14)17(19)20;1-4-17-19(3,18-5-2)11-7-6-8-12(14)9-10-13(15)16;1-6-15-17(5,16-7-2)10-8-9-14-12(13)11(3)4/h15-18,23-24H,7-14,19-22H2,1-6H3,(H,36,39)(H,37,40)(H,41,42)(H,43,44);6-7,10-11H,4-5,8-9,12-13H2,1-3H3,(H,19,20);9-10H,4-8,11H2,1-3H3,(H,15,16);3,6-10H2,1-2,4-5H3/b;;10-9-;. The van der Waals surface area contributed by atoms with Crippen LogP contribution in [-0.4, -0.2) is 222 Å². The van der Waals surface area contributed by atoms with Gasteiger partial charge in [0.15, 0.2) is 17.3 Å². The van der Waals surface area contributed by atoms with Gasteiger partial charge in [-0.3, -0.25) is 24.0 Å². The van der Waals surface area contributed by atoms with Crippen LogP contribution in [0.1, 0.15) is 226 Å². The second-order valence-corrected chi connectivity index (χ2v) is 40.5. The average molecular weight is 1650 g/mol. The van der Waals surface area contributed by atoms with E-state index in [1.165, 1.54) is 18.2 Å². The van der Waals surface area contributed by atoms with Crippen molar-refractivity contribution in [3.05, 3.63) is 129 Å². The molecule has 0 fully saturated rings. The molecule has 0 heterocycles.